The lowest BCUT2D eigenvalue weighted by Gasteiger charge is -2.09. The molecule has 0 radical (unpaired) electrons. The molecule has 0 spiro atoms. The Morgan fingerprint density at radius 1 is 1.13 bits per heavy atom. The maximum Gasteiger partial charge on any atom is 0.416 e. The zero-order valence-electron chi connectivity index (χ0n) is 15.7. The Labute approximate surface area is 173 Å². The van der Waals surface area contributed by atoms with Crippen LogP contribution in [0.2, 0.25) is 0 Å². The smallest absolute Gasteiger partial charge is 0.416 e. The van der Waals surface area contributed by atoms with Crippen LogP contribution in [-0.2, 0) is 11.0 Å². The third kappa shape index (κ3) is 5.69. The molecule has 11 heteroatoms. The summed E-state index contributed by atoms with van der Waals surface area (Å²) in [7, 11) is 0. The van der Waals surface area contributed by atoms with Gasteiger partial charge in [0.25, 0.3) is 11.6 Å². The number of nitrogens with zero attached hydrogens (tertiary/aromatic N) is 2. The van der Waals surface area contributed by atoms with Crippen molar-refractivity contribution in [3.05, 3.63) is 82.1 Å². The number of furan rings is 1. The van der Waals surface area contributed by atoms with Gasteiger partial charge >= 0.3 is 6.18 Å². The highest BCUT2D eigenvalue weighted by Gasteiger charge is 2.30. The first-order valence-electron chi connectivity index (χ1n) is 8.81. The van der Waals surface area contributed by atoms with E-state index >= 15 is 0 Å². The van der Waals surface area contributed by atoms with Gasteiger partial charge < -0.3 is 9.73 Å². The summed E-state index contributed by atoms with van der Waals surface area (Å²) in [6.45, 7) is -0.307. The second-order valence-corrected chi connectivity index (χ2v) is 6.20. The van der Waals surface area contributed by atoms with Crippen molar-refractivity contribution in [3.8, 4) is 11.3 Å². The van der Waals surface area contributed by atoms with Crippen LogP contribution in [0.5, 0.6) is 0 Å². The van der Waals surface area contributed by atoms with Crippen molar-refractivity contribution in [3.63, 3.8) is 0 Å². The fourth-order valence-corrected chi connectivity index (χ4v) is 2.60. The number of alkyl halides is 3. The molecule has 2 aromatic carbocycles. The Bertz CT molecular complexity index is 1130. The van der Waals surface area contributed by atoms with Crippen molar-refractivity contribution in [1.82, 2.24) is 5.43 Å². The lowest BCUT2D eigenvalue weighted by Crippen LogP contribution is -2.26. The van der Waals surface area contributed by atoms with Crippen molar-refractivity contribution in [1.29, 1.82) is 0 Å². The molecular weight excluding hydrogens is 417 g/mol. The number of hydrazone groups is 1. The number of hydrogen-bond acceptors (Lipinski definition) is 6. The molecule has 3 aromatic rings. The largest absolute Gasteiger partial charge is 0.455 e. The van der Waals surface area contributed by atoms with E-state index < -0.39 is 22.6 Å². The molecular formula is C20H15F3N4O4. The molecule has 0 aliphatic carbocycles. The van der Waals surface area contributed by atoms with Crippen molar-refractivity contribution >= 4 is 23.5 Å². The average molecular weight is 432 g/mol. The minimum atomic E-state index is -4.48. The van der Waals surface area contributed by atoms with Gasteiger partial charge in [-0.1, -0.05) is 18.2 Å². The van der Waals surface area contributed by atoms with E-state index in [0.717, 1.165) is 12.1 Å². The van der Waals surface area contributed by atoms with Crippen LogP contribution in [0.15, 0.2) is 70.2 Å². The van der Waals surface area contributed by atoms with E-state index in [4.69, 9.17) is 4.42 Å². The van der Waals surface area contributed by atoms with Crippen LogP contribution in [0.25, 0.3) is 11.3 Å². The van der Waals surface area contributed by atoms with E-state index in [1.807, 2.05) is 0 Å². The van der Waals surface area contributed by atoms with Crippen molar-refractivity contribution in [2.24, 2.45) is 5.10 Å². The summed E-state index contributed by atoms with van der Waals surface area (Å²) < 4.78 is 43.6. The molecule has 1 amide bonds. The molecule has 0 saturated heterocycles. The van der Waals surface area contributed by atoms with Gasteiger partial charge in [-0.25, -0.2) is 5.43 Å². The van der Waals surface area contributed by atoms with E-state index in [-0.39, 0.29) is 29.4 Å². The fourth-order valence-electron chi connectivity index (χ4n) is 2.60. The van der Waals surface area contributed by atoms with Crippen LogP contribution < -0.4 is 10.7 Å². The van der Waals surface area contributed by atoms with E-state index in [2.05, 4.69) is 15.8 Å². The number of carbonyl (C=O) groups is 1. The Morgan fingerprint density at radius 3 is 2.65 bits per heavy atom. The fraction of sp³-hybridized carbons (Fsp3) is 0.100. The number of anilines is 1. The van der Waals surface area contributed by atoms with Gasteiger partial charge in [-0.15, -0.1) is 0 Å². The zero-order chi connectivity index (χ0) is 22.4. The molecule has 0 unspecified atom stereocenters. The van der Waals surface area contributed by atoms with Crippen LogP contribution >= 0.6 is 0 Å². The predicted octanol–water partition coefficient (Wildman–Crippen LogP) is 4.44. The minimum Gasteiger partial charge on any atom is -0.455 e. The lowest BCUT2D eigenvalue weighted by atomic mass is 10.1. The van der Waals surface area contributed by atoms with Gasteiger partial charge in [-0.2, -0.15) is 18.3 Å². The monoisotopic (exact) mass is 432 g/mol. The van der Waals surface area contributed by atoms with E-state index in [0.29, 0.717) is 5.56 Å². The molecule has 1 heterocycles. The van der Waals surface area contributed by atoms with E-state index in [1.54, 1.807) is 12.1 Å². The first-order valence-corrected chi connectivity index (χ1v) is 8.81. The molecule has 0 bridgehead atoms. The van der Waals surface area contributed by atoms with Gasteiger partial charge in [0.1, 0.15) is 11.5 Å². The second kappa shape index (κ2) is 9.11. The first kappa shape index (κ1) is 21.6. The summed E-state index contributed by atoms with van der Waals surface area (Å²) in [5, 5.41) is 17.4. The molecule has 31 heavy (non-hydrogen) atoms. The summed E-state index contributed by atoms with van der Waals surface area (Å²) in [6, 6.07) is 13.6. The highest BCUT2D eigenvalue weighted by Crippen LogP contribution is 2.31. The predicted molar refractivity (Wildman–Crippen MR) is 106 cm³/mol. The molecule has 0 aliphatic heterocycles. The van der Waals surface area contributed by atoms with Gasteiger partial charge in [0.2, 0.25) is 0 Å². The number of carbonyl (C=O) groups excluding carboxylic acids is 1. The maximum absolute atomic E-state index is 12.7. The number of para-hydroxylation sites is 1. The third-order valence-electron chi connectivity index (χ3n) is 4.02. The van der Waals surface area contributed by atoms with Crippen LogP contribution in [-0.4, -0.2) is 23.6 Å². The normalized spacial score (nSPS) is 11.5. The molecule has 0 fully saturated rings. The van der Waals surface area contributed by atoms with Crippen molar-refractivity contribution in [2.75, 3.05) is 11.9 Å². The van der Waals surface area contributed by atoms with Crippen molar-refractivity contribution in [2.45, 2.75) is 6.18 Å². The quantitative estimate of drug-likeness (QED) is 0.326. The molecule has 0 atom stereocenters. The Balaban J connectivity index is 1.56. The van der Waals surface area contributed by atoms with Crippen molar-refractivity contribution < 1.29 is 27.3 Å². The van der Waals surface area contributed by atoms with Crippen LogP contribution in [0.3, 0.4) is 0 Å². The van der Waals surface area contributed by atoms with Gasteiger partial charge in [0, 0.05) is 11.8 Å². The molecule has 0 aliphatic rings. The summed E-state index contributed by atoms with van der Waals surface area (Å²) in [5.74, 6) is -0.107. The van der Waals surface area contributed by atoms with E-state index in [1.165, 1.54) is 42.6 Å². The van der Waals surface area contributed by atoms with Crippen LogP contribution in [0.1, 0.15) is 11.3 Å². The first-order chi connectivity index (χ1) is 14.7. The summed E-state index contributed by atoms with van der Waals surface area (Å²) >= 11 is 0. The van der Waals surface area contributed by atoms with Crippen LogP contribution in [0.4, 0.5) is 24.5 Å². The summed E-state index contributed by atoms with van der Waals surface area (Å²) in [4.78, 5) is 22.4. The minimum absolute atomic E-state index is 0.116. The average Bonchev–Trinajstić information content (AvgIpc) is 3.20. The number of halogens is 3. The summed E-state index contributed by atoms with van der Waals surface area (Å²) in [5.41, 5.74) is 1.68. The number of nitro groups is 1. The van der Waals surface area contributed by atoms with Gasteiger partial charge in [-0.05, 0) is 36.4 Å². The molecule has 0 saturated carbocycles. The molecule has 1 aromatic heterocycles. The number of hydrogen-bond donors (Lipinski definition) is 2. The third-order valence-corrected chi connectivity index (χ3v) is 4.02. The van der Waals surface area contributed by atoms with Gasteiger partial charge in [-0.3, -0.25) is 14.9 Å². The number of amides is 1. The van der Waals surface area contributed by atoms with E-state index in [9.17, 15) is 28.1 Å². The summed E-state index contributed by atoms with van der Waals surface area (Å²) in [6.07, 6.45) is -3.28. The van der Waals surface area contributed by atoms with Crippen LogP contribution in [0, 0.1) is 10.1 Å². The highest BCUT2D eigenvalue weighted by atomic mass is 19.4. The Hall–Kier alpha value is -4.15. The SMILES string of the molecule is O=C(CNc1cccc(C(F)(F)F)c1)N/N=C\c1ccc(-c2ccccc2[N+](=O)[O-])o1. The number of benzene rings is 2. The Kier molecular flexibility index (Phi) is 6.34. The maximum atomic E-state index is 12.7. The number of rotatable bonds is 7. The van der Waals surface area contributed by atoms with Gasteiger partial charge in [0.05, 0.1) is 28.8 Å². The molecule has 2 N–H and O–H groups in total. The zero-order valence-corrected chi connectivity index (χ0v) is 15.7. The van der Waals surface area contributed by atoms with Gasteiger partial charge in [0.15, 0.2) is 0 Å². The molecule has 3 rings (SSSR count). The highest BCUT2D eigenvalue weighted by molar-refractivity contribution is 5.83. The standard InChI is InChI=1S/C20H15F3N4O4/c21-20(22,23)13-4-3-5-14(10-13)24-12-19(28)26-25-11-15-8-9-18(31-15)16-6-1-2-7-17(16)27(29)30/h1-11,24H,12H2,(H,26,28)/b25-11-. The topological polar surface area (TPSA) is 110 Å². The molecule has 160 valence electrons. The number of nitrogens with one attached hydrogen (secondary N) is 2. The second-order valence-electron chi connectivity index (χ2n) is 6.20. The lowest BCUT2D eigenvalue weighted by molar-refractivity contribution is -0.384. The molecule has 8 nitrogen and oxygen atoms in total. The Morgan fingerprint density at radius 2 is 1.90 bits per heavy atom. The number of nitro benzene ring substituents is 1.